The van der Waals surface area contributed by atoms with Gasteiger partial charge in [-0.25, -0.2) is 0 Å². The van der Waals surface area contributed by atoms with Crippen LogP contribution in [-0.2, 0) is 9.59 Å². The molecule has 5 heteroatoms. The normalized spacial score (nSPS) is 29.5. The first-order chi connectivity index (χ1) is 9.47. The van der Waals surface area contributed by atoms with Gasteiger partial charge in [-0.1, -0.05) is 13.8 Å². The minimum atomic E-state index is -0.355. The number of piperidine rings is 1. The van der Waals surface area contributed by atoms with Crippen molar-refractivity contribution in [2.24, 2.45) is 11.8 Å². The highest BCUT2D eigenvalue weighted by Gasteiger charge is 2.33. The molecule has 0 saturated carbocycles. The Morgan fingerprint density at radius 2 is 2.05 bits per heavy atom. The van der Waals surface area contributed by atoms with Crippen LogP contribution in [0.15, 0.2) is 0 Å². The Balaban J connectivity index is 2.01. The Labute approximate surface area is 121 Å². The van der Waals surface area contributed by atoms with Crippen molar-refractivity contribution in [3.8, 4) is 0 Å². The third-order valence-electron chi connectivity index (χ3n) is 4.37. The minimum absolute atomic E-state index is 0.000289. The lowest BCUT2D eigenvalue weighted by molar-refractivity contribution is -0.135. The fraction of sp³-hybridized carbons (Fsp3) is 0.867. The predicted molar refractivity (Wildman–Crippen MR) is 78.2 cm³/mol. The maximum atomic E-state index is 12.6. The molecule has 0 aromatic rings. The van der Waals surface area contributed by atoms with Crippen LogP contribution in [0.5, 0.6) is 0 Å². The van der Waals surface area contributed by atoms with Gasteiger partial charge in [0.05, 0.1) is 0 Å². The van der Waals surface area contributed by atoms with E-state index in [9.17, 15) is 9.59 Å². The predicted octanol–water partition coefficient (Wildman–Crippen LogP) is 0.701. The van der Waals surface area contributed by atoms with Gasteiger partial charge in [-0.05, 0) is 38.3 Å². The van der Waals surface area contributed by atoms with Gasteiger partial charge in [-0.2, -0.15) is 0 Å². The average Bonchev–Trinajstić information content (AvgIpc) is 2.52. The monoisotopic (exact) mass is 281 g/mol. The first-order valence-corrected chi connectivity index (χ1v) is 7.74. The molecule has 2 aliphatic heterocycles. The SMILES string of the molecule is CC(C)C1NC(=O)CCN(CC2CCCN(C)C2)C1=O. The molecule has 0 aromatic carbocycles. The molecule has 2 aliphatic rings. The van der Waals surface area contributed by atoms with Crippen molar-refractivity contribution in [1.29, 1.82) is 0 Å². The summed E-state index contributed by atoms with van der Waals surface area (Å²) in [5.41, 5.74) is 0. The Morgan fingerprint density at radius 1 is 1.30 bits per heavy atom. The number of carbonyl (C=O) groups is 2. The first kappa shape index (κ1) is 15.3. The van der Waals surface area contributed by atoms with Crippen molar-refractivity contribution in [3.05, 3.63) is 0 Å². The highest BCUT2D eigenvalue weighted by molar-refractivity contribution is 5.90. The number of hydrogen-bond donors (Lipinski definition) is 1. The van der Waals surface area contributed by atoms with E-state index in [0.717, 1.165) is 19.6 Å². The van der Waals surface area contributed by atoms with Crippen LogP contribution in [0, 0.1) is 11.8 Å². The van der Waals surface area contributed by atoms with Gasteiger partial charge in [-0.3, -0.25) is 9.59 Å². The van der Waals surface area contributed by atoms with E-state index in [-0.39, 0.29) is 23.8 Å². The van der Waals surface area contributed by atoms with E-state index in [2.05, 4.69) is 17.3 Å². The van der Waals surface area contributed by atoms with Crippen LogP contribution in [-0.4, -0.2) is 60.9 Å². The molecule has 5 nitrogen and oxygen atoms in total. The molecule has 114 valence electrons. The molecule has 2 fully saturated rings. The van der Waals surface area contributed by atoms with Gasteiger partial charge in [-0.15, -0.1) is 0 Å². The van der Waals surface area contributed by atoms with Crippen LogP contribution >= 0.6 is 0 Å². The summed E-state index contributed by atoms with van der Waals surface area (Å²) in [6, 6.07) is -0.355. The van der Waals surface area contributed by atoms with Crippen LogP contribution < -0.4 is 5.32 Å². The van der Waals surface area contributed by atoms with Crippen LogP contribution in [0.1, 0.15) is 33.1 Å². The minimum Gasteiger partial charge on any atom is -0.344 e. The summed E-state index contributed by atoms with van der Waals surface area (Å²) in [6.45, 7) is 7.54. The molecule has 2 unspecified atom stereocenters. The zero-order valence-electron chi connectivity index (χ0n) is 12.9. The van der Waals surface area contributed by atoms with E-state index in [1.54, 1.807) is 0 Å². The van der Waals surface area contributed by atoms with Crippen molar-refractivity contribution >= 4 is 11.8 Å². The molecule has 0 bridgehead atoms. The molecule has 0 aliphatic carbocycles. The van der Waals surface area contributed by atoms with Gasteiger partial charge in [0.1, 0.15) is 6.04 Å². The largest absolute Gasteiger partial charge is 0.344 e. The Morgan fingerprint density at radius 3 is 2.70 bits per heavy atom. The van der Waals surface area contributed by atoms with Gasteiger partial charge in [0, 0.05) is 26.1 Å². The molecule has 2 rings (SSSR count). The highest BCUT2D eigenvalue weighted by Crippen LogP contribution is 2.19. The summed E-state index contributed by atoms with van der Waals surface area (Å²) in [5.74, 6) is 0.777. The third-order valence-corrected chi connectivity index (χ3v) is 4.37. The summed E-state index contributed by atoms with van der Waals surface area (Å²) < 4.78 is 0. The third kappa shape index (κ3) is 3.72. The fourth-order valence-corrected chi connectivity index (χ4v) is 3.22. The number of amides is 2. The number of carbonyl (C=O) groups excluding carboxylic acids is 2. The molecule has 0 radical (unpaired) electrons. The van der Waals surface area contributed by atoms with Gasteiger partial charge in [0.15, 0.2) is 0 Å². The molecule has 20 heavy (non-hydrogen) atoms. The lowest BCUT2D eigenvalue weighted by Gasteiger charge is -2.34. The highest BCUT2D eigenvalue weighted by atomic mass is 16.2. The lowest BCUT2D eigenvalue weighted by atomic mass is 9.97. The Bertz CT molecular complexity index is 370. The molecular weight excluding hydrogens is 254 g/mol. The maximum Gasteiger partial charge on any atom is 0.245 e. The standard InChI is InChI=1S/C15H27N3O2/c1-11(2)14-15(20)18(8-6-13(19)16-14)10-12-5-4-7-17(3)9-12/h11-12,14H,4-10H2,1-3H3,(H,16,19). The Kier molecular flexibility index (Phi) is 5.02. The van der Waals surface area contributed by atoms with Gasteiger partial charge < -0.3 is 15.1 Å². The topological polar surface area (TPSA) is 52.7 Å². The number of nitrogens with one attached hydrogen (secondary N) is 1. The quantitative estimate of drug-likeness (QED) is 0.828. The zero-order chi connectivity index (χ0) is 14.7. The average molecular weight is 281 g/mol. The van der Waals surface area contributed by atoms with Gasteiger partial charge in [0.2, 0.25) is 11.8 Å². The molecule has 2 atom stereocenters. The van der Waals surface area contributed by atoms with Crippen molar-refractivity contribution < 1.29 is 9.59 Å². The van der Waals surface area contributed by atoms with Crippen molar-refractivity contribution in [1.82, 2.24) is 15.1 Å². The van der Waals surface area contributed by atoms with Crippen molar-refractivity contribution in [2.75, 3.05) is 33.2 Å². The number of nitrogens with zero attached hydrogens (tertiary/aromatic N) is 2. The molecular formula is C15H27N3O2. The Hall–Kier alpha value is -1.10. The van der Waals surface area contributed by atoms with Crippen LogP contribution in [0.4, 0.5) is 0 Å². The summed E-state index contributed by atoms with van der Waals surface area (Å²) >= 11 is 0. The fourth-order valence-electron chi connectivity index (χ4n) is 3.22. The number of likely N-dealkylation sites (tertiary alicyclic amines) is 1. The second-order valence-corrected chi connectivity index (χ2v) is 6.59. The van der Waals surface area contributed by atoms with Gasteiger partial charge >= 0.3 is 0 Å². The molecule has 2 heterocycles. The van der Waals surface area contributed by atoms with Crippen LogP contribution in [0.3, 0.4) is 0 Å². The van der Waals surface area contributed by atoms with E-state index >= 15 is 0 Å². The van der Waals surface area contributed by atoms with Crippen LogP contribution in [0.25, 0.3) is 0 Å². The smallest absolute Gasteiger partial charge is 0.245 e. The molecule has 0 aromatic heterocycles. The lowest BCUT2D eigenvalue weighted by Crippen LogP contribution is -2.49. The summed E-state index contributed by atoms with van der Waals surface area (Å²) in [4.78, 5) is 28.6. The summed E-state index contributed by atoms with van der Waals surface area (Å²) in [7, 11) is 2.14. The van der Waals surface area contributed by atoms with E-state index < -0.39 is 0 Å². The van der Waals surface area contributed by atoms with Crippen molar-refractivity contribution in [2.45, 2.75) is 39.2 Å². The van der Waals surface area contributed by atoms with Crippen LogP contribution in [0.2, 0.25) is 0 Å². The van der Waals surface area contributed by atoms with Crippen molar-refractivity contribution in [3.63, 3.8) is 0 Å². The zero-order valence-corrected chi connectivity index (χ0v) is 12.9. The molecule has 2 saturated heterocycles. The second kappa shape index (κ2) is 6.57. The van der Waals surface area contributed by atoms with Gasteiger partial charge in [0.25, 0.3) is 0 Å². The number of hydrogen-bond acceptors (Lipinski definition) is 3. The number of rotatable bonds is 3. The van der Waals surface area contributed by atoms with E-state index in [0.29, 0.717) is 18.9 Å². The molecule has 2 amide bonds. The maximum absolute atomic E-state index is 12.6. The van der Waals surface area contributed by atoms with E-state index in [1.807, 2.05) is 18.7 Å². The first-order valence-electron chi connectivity index (χ1n) is 7.74. The van der Waals surface area contributed by atoms with E-state index in [1.165, 1.54) is 12.8 Å². The summed E-state index contributed by atoms with van der Waals surface area (Å²) in [6.07, 6.45) is 2.81. The van der Waals surface area contributed by atoms with E-state index in [4.69, 9.17) is 0 Å². The molecule has 0 spiro atoms. The summed E-state index contributed by atoms with van der Waals surface area (Å²) in [5, 5.41) is 2.86. The molecule has 1 N–H and O–H groups in total. The second-order valence-electron chi connectivity index (χ2n) is 6.59.